The molecule has 14 heteroatoms. The number of rotatable bonds is 8. The van der Waals surface area contributed by atoms with Crippen molar-refractivity contribution in [1.82, 2.24) is 19.6 Å². The molecular weight excluding hydrogens is 641 g/mol. The summed E-state index contributed by atoms with van der Waals surface area (Å²) in [5, 5.41) is 19.8. The van der Waals surface area contributed by atoms with Gasteiger partial charge in [-0.05, 0) is 43.8 Å². The molecule has 4 amide bonds. The molecule has 8 rings (SSSR count). The van der Waals surface area contributed by atoms with Crippen LogP contribution in [0.1, 0.15) is 22.3 Å². The van der Waals surface area contributed by atoms with Crippen LogP contribution in [-0.4, -0.2) is 114 Å². The van der Waals surface area contributed by atoms with Gasteiger partial charge in [-0.3, -0.25) is 19.2 Å². The number of likely N-dealkylation sites (N-methyl/N-ethyl adjacent to an activating group) is 4. The minimum Gasteiger partial charge on any atom is -0.392 e. The topological polar surface area (TPSA) is 122 Å². The van der Waals surface area contributed by atoms with E-state index in [0.717, 1.165) is 22.3 Å². The van der Waals surface area contributed by atoms with Gasteiger partial charge in [-0.25, -0.2) is 0 Å². The summed E-state index contributed by atoms with van der Waals surface area (Å²) in [7, 11) is 11.6. The molecule has 6 aliphatic rings. The molecular formula is C30H32N4O6S4. The summed E-state index contributed by atoms with van der Waals surface area (Å²) in [6, 6.07) is 15.7. The number of fused-ring (bicyclic) bond motifs is 6. The van der Waals surface area contributed by atoms with E-state index in [1.54, 1.807) is 28.2 Å². The summed E-state index contributed by atoms with van der Waals surface area (Å²) in [6.07, 6.45) is 4.67. The van der Waals surface area contributed by atoms with E-state index in [-0.39, 0.29) is 23.6 Å². The number of carbonyl (C=O) groups is 4. The number of hydrogen-bond acceptors (Lipinski definition) is 10. The zero-order valence-electron chi connectivity index (χ0n) is 24.6. The van der Waals surface area contributed by atoms with E-state index in [4.69, 9.17) is 0 Å². The number of carbonyl (C=O) groups excluding carboxylic acids is 4. The van der Waals surface area contributed by atoms with Crippen LogP contribution in [0.5, 0.6) is 0 Å². The SMILES string of the molecule is CN1C(=O)[C@]2(Cc3ccc(C=Cc4ccc(C[C@@]56SS[C@@](CO)(C(=O)N5C)N(C)C6=O)cc4)cc3)SS[C@@]1(CO)C(=O)N2C. The van der Waals surface area contributed by atoms with Gasteiger partial charge in [-0.15, -0.1) is 0 Å². The lowest BCUT2D eigenvalue weighted by Crippen LogP contribution is -2.77. The molecule has 6 heterocycles. The maximum atomic E-state index is 13.3. The molecule has 2 N–H and O–H groups in total. The van der Waals surface area contributed by atoms with Gasteiger partial charge in [0.1, 0.15) is 0 Å². The molecule has 0 radical (unpaired) electrons. The molecule has 44 heavy (non-hydrogen) atoms. The van der Waals surface area contributed by atoms with Crippen molar-refractivity contribution in [2.24, 2.45) is 0 Å². The Morgan fingerprint density at radius 3 is 1.11 bits per heavy atom. The summed E-state index contributed by atoms with van der Waals surface area (Å²) < 4.78 is 0. The van der Waals surface area contributed by atoms with E-state index in [1.165, 1.54) is 62.8 Å². The first kappa shape index (κ1) is 31.4. The monoisotopic (exact) mass is 672 g/mol. The predicted octanol–water partition coefficient (Wildman–Crippen LogP) is 2.36. The maximum Gasteiger partial charge on any atom is 0.263 e. The first-order chi connectivity index (χ1) is 20.9. The number of aliphatic hydroxyl groups excluding tert-OH is 2. The van der Waals surface area contributed by atoms with Crippen LogP contribution in [0.4, 0.5) is 0 Å². The zero-order valence-corrected chi connectivity index (χ0v) is 27.8. The molecule has 10 nitrogen and oxygen atoms in total. The molecule has 4 atom stereocenters. The summed E-state index contributed by atoms with van der Waals surface area (Å²) in [4.78, 5) is 53.9. The Bertz CT molecular complexity index is 1460. The van der Waals surface area contributed by atoms with Crippen molar-refractivity contribution in [3.8, 4) is 0 Å². The smallest absolute Gasteiger partial charge is 0.263 e. The van der Waals surface area contributed by atoms with E-state index >= 15 is 0 Å². The molecule has 4 bridgehead atoms. The summed E-state index contributed by atoms with van der Waals surface area (Å²) >= 11 is 0. The van der Waals surface area contributed by atoms with E-state index in [0.29, 0.717) is 12.8 Å². The van der Waals surface area contributed by atoms with E-state index in [2.05, 4.69) is 0 Å². The van der Waals surface area contributed by atoms with Gasteiger partial charge in [0.15, 0.2) is 9.74 Å². The van der Waals surface area contributed by atoms with Gasteiger partial charge in [0.05, 0.1) is 13.2 Å². The quantitative estimate of drug-likeness (QED) is 0.320. The highest BCUT2D eigenvalue weighted by molar-refractivity contribution is 8.78. The first-order valence-electron chi connectivity index (χ1n) is 13.9. The third-order valence-electron chi connectivity index (χ3n) is 9.10. The normalized spacial score (nSPS) is 31.7. The molecule has 0 aromatic heterocycles. The Morgan fingerprint density at radius 2 is 0.795 bits per heavy atom. The van der Waals surface area contributed by atoms with Crippen LogP contribution in [0.2, 0.25) is 0 Å². The fourth-order valence-electron chi connectivity index (χ4n) is 6.01. The van der Waals surface area contributed by atoms with Crippen molar-refractivity contribution in [1.29, 1.82) is 0 Å². The molecule has 0 unspecified atom stereocenters. The standard InChI is InChI=1S/C30H32N4O6S4/c1-31-25(39)29(17-35)33(3)23(37)27(31,41-43-29)15-21-11-7-19(8-12-21)5-6-20-9-13-22(14-10-20)16-28-24(38)34(4)30(18-36,44-42-28)26(40)32(28)2/h5-14,35-36H,15-18H2,1-4H3/t27-,28-,29-,30-/m0/s1. The van der Waals surface area contributed by atoms with E-state index in [9.17, 15) is 29.4 Å². The van der Waals surface area contributed by atoms with Gasteiger partial charge in [-0.1, -0.05) is 82.3 Å². The number of benzene rings is 2. The summed E-state index contributed by atoms with van der Waals surface area (Å²) in [6.45, 7) is -0.868. The van der Waals surface area contributed by atoms with Gasteiger partial charge in [0.2, 0.25) is 9.74 Å². The fraction of sp³-hybridized carbons (Fsp3) is 0.400. The Morgan fingerprint density at radius 1 is 0.523 bits per heavy atom. The largest absolute Gasteiger partial charge is 0.392 e. The molecule has 2 aromatic carbocycles. The molecule has 6 aliphatic heterocycles. The second-order valence-corrected chi connectivity index (χ2v) is 16.8. The summed E-state index contributed by atoms with van der Waals surface area (Å²) in [5.41, 5.74) is 3.77. The number of hydrogen-bond donors (Lipinski definition) is 2. The van der Waals surface area contributed by atoms with Gasteiger partial charge >= 0.3 is 0 Å². The fourth-order valence-corrected chi connectivity index (χ4v) is 13.2. The lowest BCUT2D eigenvalue weighted by atomic mass is 9.96. The third-order valence-corrected chi connectivity index (χ3v) is 16.5. The molecule has 0 spiro atoms. The highest BCUT2D eigenvalue weighted by atomic mass is 33.1. The maximum absolute atomic E-state index is 13.3. The Kier molecular flexibility index (Phi) is 7.86. The van der Waals surface area contributed by atoms with Crippen LogP contribution in [0.15, 0.2) is 48.5 Å². The van der Waals surface area contributed by atoms with Crippen molar-refractivity contribution >= 4 is 79.0 Å². The average molecular weight is 673 g/mol. The first-order valence-corrected chi connectivity index (χ1v) is 18.2. The molecule has 6 saturated heterocycles. The van der Waals surface area contributed by atoms with Crippen molar-refractivity contribution in [3.05, 3.63) is 70.8 Å². The minimum atomic E-state index is -1.27. The minimum absolute atomic E-state index is 0.193. The van der Waals surface area contributed by atoms with Gasteiger partial charge in [0.25, 0.3) is 23.6 Å². The van der Waals surface area contributed by atoms with Crippen LogP contribution in [0.25, 0.3) is 12.2 Å². The van der Waals surface area contributed by atoms with Crippen LogP contribution >= 0.6 is 43.2 Å². The number of piperazine rings is 2. The molecule has 0 aliphatic carbocycles. The Balaban J connectivity index is 1.13. The van der Waals surface area contributed by atoms with Crippen LogP contribution in [0, 0.1) is 0 Å². The molecule has 0 saturated carbocycles. The highest BCUT2D eigenvalue weighted by Crippen LogP contribution is 2.60. The third kappa shape index (κ3) is 4.28. The lowest BCUT2D eigenvalue weighted by Gasteiger charge is -2.58. The number of aliphatic hydroxyl groups is 2. The van der Waals surface area contributed by atoms with Crippen LogP contribution < -0.4 is 0 Å². The van der Waals surface area contributed by atoms with Crippen molar-refractivity contribution in [2.75, 3.05) is 41.4 Å². The van der Waals surface area contributed by atoms with Crippen molar-refractivity contribution in [2.45, 2.75) is 32.3 Å². The lowest BCUT2D eigenvalue weighted by molar-refractivity contribution is -0.165. The van der Waals surface area contributed by atoms with Crippen molar-refractivity contribution in [3.63, 3.8) is 0 Å². The van der Waals surface area contributed by atoms with Crippen LogP contribution in [0.3, 0.4) is 0 Å². The number of amides is 4. The van der Waals surface area contributed by atoms with Crippen LogP contribution in [-0.2, 0) is 32.0 Å². The second kappa shape index (κ2) is 11.0. The predicted molar refractivity (Wildman–Crippen MR) is 176 cm³/mol. The van der Waals surface area contributed by atoms with Gasteiger partial charge < -0.3 is 29.8 Å². The van der Waals surface area contributed by atoms with E-state index in [1.807, 2.05) is 60.7 Å². The molecule has 6 fully saturated rings. The summed E-state index contributed by atoms with van der Waals surface area (Å²) in [5.74, 6) is -0.924. The van der Waals surface area contributed by atoms with E-state index < -0.39 is 32.7 Å². The van der Waals surface area contributed by atoms with Gasteiger partial charge in [-0.2, -0.15) is 0 Å². The van der Waals surface area contributed by atoms with Crippen molar-refractivity contribution < 1.29 is 29.4 Å². The zero-order chi connectivity index (χ0) is 31.7. The molecule has 232 valence electrons. The average Bonchev–Trinajstić information content (AvgIpc) is 3.04. The second-order valence-electron chi connectivity index (χ2n) is 11.4. The molecule has 2 aromatic rings. The Hall–Kier alpha value is -2.62. The van der Waals surface area contributed by atoms with Gasteiger partial charge in [0, 0.05) is 41.0 Å². The Labute approximate surface area is 271 Å². The number of nitrogens with zero attached hydrogens (tertiary/aromatic N) is 4. The highest BCUT2D eigenvalue weighted by Gasteiger charge is 2.68.